The summed E-state index contributed by atoms with van der Waals surface area (Å²) in [6.45, 7) is 0. The highest BCUT2D eigenvalue weighted by atomic mass is 16.3. The van der Waals surface area contributed by atoms with Crippen molar-refractivity contribution in [2.45, 2.75) is 0 Å². The van der Waals surface area contributed by atoms with Gasteiger partial charge in [0.25, 0.3) is 0 Å². The molecule has 0 aliphatic heterocycles. The zero-order chi connectivity index (χ0) is 45.2. The van der Waals surface area contributed by atoms with E-state index in [0.29, 0.717) is 0 Å². The van der Waals surface area contributed by atoms with Crippen molar-refractivity contribution < 1.29 is 4.42 Å². The molecule has 0 radical (unpaired) electrons. The molecule has 0 aliphatic rings. The molecule has 0 aliphatic carbocycles. The van der Waals surface area contributed by atoms with Crippen LogP contribution in [0.4, 0.5) is 17.1 Å². The second kappa shape index (κ2) is 17.8. The predicted molar refractivity (Wildman–Crippen MR) is 286 cm³/mol. The van der Waals surface area contributed by atoms with E-state index in [9.17, 15) is 0 Å². The third kappa shape index (κ3) is 7.64. The zero-order valence-corrected chi connectivity index (χ0v) is 37.3. The Morgan fingerprint density at radius 3 is 1.16 bits per heavy atom. The summed E-state index contributed by atoms with van der Waals surface area (Å²) in [6.07, 6.45) is 0. The first-order chi connectivity index (χ1) is 33.7. The summed E-state index contributed by atoms with van der Waals surface area (Å²) < 4.78 is 6.36. The molecule has 1 aromatic heterocycles. The molecule has 0 fully saturated rings. The Hall–Kier alpha value is -8.98. The Kier molecular flexibility index (Phi) is 10.6. The normalized spacial score (nSPS) is 11.2. The second-order valence-corrected chi connectivity index (χ2v) is 17.2. The molecule has 12 aromatic rings. The van der Waals surface area contributed by atoms with Crippen molar-refractivity contribution in [3.8, 4) is 77.9 Å². The van der Waals surface area contributed by atoms with Crippen LogP contribution in [0.1, 0.15) is 0 Å². The molecule has 0 unspecified atom stereocenters. The third-order valence-corrected chi connectivity index (χ3v) is 13.1. The number of hydrogen-bond donors (Lipinski definition) is 0. The fourth-order valence-corrected chi connectivity index (χ4v) is 9.81. The Labute approximate surface area is 397 Å². The fourth-order valence-electron chi connectivity index (χ4n) is 9.81. The molecule has 12 rings (SSSR count). The van der Waals surface area contributed by atoms with Crippen LogP contribution in [0.2, 0.25) is 0 Å². The number of furan rings is 1. The smallest absolute Gasteiger partial charge is 0.136 e. The van der Waals surface area contributed by atoms with Gasteiger partial charge < -0.3 is 9.32 Å². The fraction of sp³-hybridized carbons (Fsp3) is 0. The molecule has 0 bridgehead atoms. The molecule has 1 heterocycles. The SMILES string of the molecule is c1ccc(-c2ccc(N(c3ccc(-c4ccc(-c5cccc6oc7ccccc7c56)c(-c5ccccc5)c4)cc3)c3ccc(-c4ccccc4)cc3-c3ccccc3)c(-c3ccccc3)c2)cc1. The van der Waals surface area contributed by atoms with Crippen LogP contribution in [-0.2, 0) is 0 Å². The summed E-state index contributed by atoms with van der Waals surface area (Å²) in [5.41, 5.74) is 21.2. The van der Waals surface area contributed by atoms with Gasteiger partial charge in [0.2, 0.25) is 0 Å². The minimum atomic E-state index is 0.891. The van der Waals surface area contributed by atoms with Gasteiger partial charge in [0.05, 0.1) is 11.4 Å². The van der Waals surface area contributed by atoms with Crippen LogP contribution in [0.3, 0.4) is 0 Å². The van der Waals surface area contributed by atoms with Crippen molar-refractivity contribution in [1.29, 1.82) is 0 Å². The number of rotatable bonds is 10. The topological polar surface area (TPSA) is 16.4 Å². The largest absolute Gasteiger partial charge is 0.456 e. The lowest BCUT2D eigenvalue weighted by atomic mass is 9.89. The van der Waals surface area contributed by atoms with Crippen LogP contribution in [0, 0.1) is 0 Å². The summed E-state index contributed by atoms with van der Waals surface area (Å²) in [6, 6.07) is 98.2. The molecule has 2 heteroatoms. The van der Waals surface area contributed by atoms with Gasteiger partial charge in [0.15, 0.2) is 0 Å². The highest BCUT2D eigenvalue weighted by Crippen LogP contribution is 2.48. The quantitative estimate of drug-likeness (QED) is 0.136. The minimum Gasteiger partial charge on any atom is -0.456 e. The van der Waals surface area contributed by atoms with Crippen molar-refractivity contribution >= 4 is 39.0 Å². The highest BCUT2D eigenvalue weighted by molar-refractivity contribution is 6.14. The molecule has 68 heavy (non-hydrogen) atoms. The van der Waals surface area contributed by atoms with Gasteiger partial charge in [0, 0.05) is 27.6 Å². The Bertz CT molecular complexity index is 3570. The lowest BCUT2D eigenvalue weighted by molar-refractivity contribution is 0.669. The number of para-hydroxylation sites is 1. The minimum absolute atomic E-state index is 0.891. The van der Waals surface area contributed by atoms with Gasteiger partial charge in [-0.2, -0.15) is 0 Å². The molecule has 11 aromatic carbocycles. The molecule has 320 valence electrons. The van der Waals surface area contributed by atoms with Gasteiger partial charge in [-0.25, -0.2) is 0 Å². The monoisotopic (exact) mass is 867 g/mol. The van der Waals surface area contributed by atoms with Crippen LogP contribution in [0.5, 0.6) is 0 Å². The average Bonchev–Trinajstić information content (AvgIpc) is 3.82. The van der Waals surface area contributed by atoms with Gasteiger partial charge in [0.1, 0.15) is 11.2 Å². The van der Waals surface area contributed by atoms with Gasteiger partial charge in [-0.15, -0.1) is 0 Å². The van der Waals surface area contributed by atoms with E-state index in [0.717, 1.165) is 83.5 Å². The summed E-state index contributed by atoms with van der Waals surface area (Å²) in [4.78, 5) is 2.45. The Morgan fingerprint density at radius 2 is 0.632 bits per heavy atom. The number of fused-ring (bicyclic) bond motifs is 3. The molecular formula is C66H45NO. The first kappa shape index (κ1) is 40.5. The maximum absolute atomic E-state index is 6.36. The van der Waals surface area contributed by atoms with Crippen molar-refractivity contribution in [1.82, 2.24) is 0 Å². The lowest BCUT2D eigenvalue weighted by Crippen LogP contribution is -2.13. The standard InChI is InChI=1S/C66H45NO/c1-6-19-46(20-7-1)53-36-41-62(60(44-53)50-25-12-4-13-26-50)67(63-42-37-54(47-21-8-2-9-22-47)45-61(63)51-27-14-5-15-28-51)55-38-33-48(34-39-55)52-35-40-56(59(43-52)49-23-10-3-11-24-49)57-30-18-32-65-66(57)58-29-16-17-31-64(58)68-65/h1-45H. The molecule has 0 amide bonds. The Morgan fingerprint density at radius 1 is 0.235 bits per heavy atom. The molecular weight excluding hydrogens is 823 g/mol. The van der Waals surface area contributed by atoms with E-state index >= 15 is 0 Å². The van der Waals surface area contributed by atoms with E-state index in [-0.39, 0.29) is 0 Å². The lowest BCUT2D eigenvalue weighted by Gasteiger charge is -2.31. The van der Waals surface area contributed by atoms with E-state index in [2.05, 4.69) is 272 Å². The van der Waals surface area contributed by atoms with E-state index in [1.165, 1.54) is 33.4 Å². The molecule has 0 saturated heterocycles. The first-order valence-corrected chi connectivity index (χ1v) is 23.2. The van der Waals surface area contributed by atoms with E-state index in [4.69, 9.17) is 4.42 Å². The number of nitrogens with zero attached hydrogens (tertiary/aromatic N) is 1. The second-order valence-electron chi connectivity index (χ2n) is 17.2. The predicted octanol–water partition coefficient (Wildman–Crippen LogP) is 18.7. The van der Waals surface area contributed by atoms with E-state index in [1.54, 1.807) is 0 Å². The molecule has 0 saturated carbocycles. The van der Waals surface area contributed by atoms with Crippen molar-refractivity contribution in [2.75, 3.05) is 4.90 Å². The van der Waals surface area contributed by atoms with Gasteiger partial charge in [-0.1, -0.05) is 218 Å². The number of hydrogen-bond acceptors (Lipinski definition) is 2. The van der Waals surface area contributed by atoms with Crippen LogP contribution in [0.15, 0.2) is 277 Å². The van der Waals surface area contributed by atoms with Crippen molar-refractivity contribution in [3.63, 3.8) is 0 Å². The van der Waals surface area contributed by atoms with Gasteiger partial charge in [-0.05, 0) is 121 Å². The van der Waals surface area contributed by atoms with Crippen molar-refractivity contribution in [2.24, 2.45) is 0 Å². The third-order valence-electron chi connectivity index (χ3n) is 13.1. The summed E-state index contributed by atoms with van der Waals surface area (Å²) >= 11 is 0. The zero-order valence-electron chi connectivity index (χ0n) is 37.3. The van der Waals surface area contributed by atoms with Crippen LogP contribution in [0.25, 0.3) is 99.8 Å². The Balaban J connectivity index is 1.04. The van der Waals surface area contributed by atoms with Crippen molar-refractivity contribution in [3.05, 3.63) is 273 Å². The molecule has 2 nitrogen and oxygen atoms in total. The van der Waals surface area contributed by atoms with Crippen LogP contribution >= 0.6 is 0 Å². The van der Waals surface area contributed by atoms with Gasteiger partial charge >= 0.3 is 0 Å². The summed E-state index contributed by atoms with van der Waals surface area (Å²) in [5.74, 6) is 0. The van der Waals surface area contributed by atoms with E-state index < -0.39 is 0 Å². The maximum atomic E-state index is 6.36. The summed E-state index contributed by atoms with van der Waals surface area (Å²) in [7, 11) is 0. The number of benzene rings is 11. The van der Waals surface area contributed by atoms with E-state index in [1.807, 2.05) is 6.07 Å². The maximum Gasteiger partial charge on any atom is 0.136 e. The van der Waals surface area contributed by atoms with Gasteiger partial charge in [-0.3, -0.25) is 0 Å². The average molecular weight is 868 g/mol. The molecule has 0 spiro atoms. The number of anilines is 3. The summed E-state index contributed by atoms with van der Waals surface area (Å²) in [5, 5.41) is 2.26. The molecule has 0 atom stereocenters. The van der Waals surface area contributed by atoms with Crippen LogP contribution < -0.4 is 4.90 Å². The highest BCUT2D eigenvalue weighted by Gasteiger charge is 2.23. The van der Waals surface area contributed by atoms with Crippen LogP contribution in [-0.4, -0.2) is 0 Å². The molecule has 0 N–H and O–H groups in total. The first-order valence-electron chi connectivity index (χ1n) is 23.2.